The SMILES string of the molecule is CCCCOc1cc2c(cc1OCCCC)[n+](C)cn2-c1ccccc1-n1c[n+](C)c2cc(OCCCC)c(OCCCC)cc21. The molecule has 0 unspecified atom stereocenters. The second kappa shape index (κ2) is 15.9. The third kappa shape index (κ3) is 7.27. The van der Waals surface area contributed by atoms with Gasteiger partial charge in [-0.3, -0.25) is 0 Å². The van der Waals surface area contributed by atoms with Crippen LogP contribution in [0.1, 0.15) is 79.1 Å². The van der Waals surface area contributed by atoms with Crippen molar-refractivity contribution in [2.45, 2.75) is 79.1 Å². The van der Waals surface area contributed by atoms with Crippen LogP contribution >= 0.6 is 0 Å². The second-order valence-electron chi connectivity index (χ2n) is 12.1. The van der Waals surface area contributed by atoms with Crippen molar-refractivity contribution in [2.75, 3.05) is 26.4 Å². The van der Waals surface area contributed by atoms with Crippen molar-refractivity contribution in [3.63, 3.8) is 0 Å². The summed E-state index contributed by atoms with van der Waals surface area (Å²) in [6.45, 7) is 11.4. The zero-order valence-electron chi connectivity index (χ0n) is 28.7. The van der Waals surface area contributed by atoms with Crippen LogP contribution < -0.4 is 28.1 Å². The minimum atomic E-state index is 0.661. The van der Waals surface area contributed by atoms with Crippen LogP contribution in [0.5, 0.6) is 23.0 Å². The maximum Gasteiger partial charge on any atom is 0.249 e. The lowest BCUT2D eigenvalue weighted by Crippen LogP contribution is -2.25. The van der Waals surface area contributed by atoms with Gasteiger partial charge in [0, 0.05) is 24.3 Å². The molecule has 8 nitrogen and oxygen atoms in total. The molecule has 2 aromatic heterocycles. The third-order valence-electron chi connectivity index (χ3n) is 8.36. The summed E-state index contributed by atoms with van der Waals surface area (Å²) < 4.78 is 33.9. The van der Waals surface area contributed by atoms with Crippen molar-refractivity contribution >= 4 is 22.1 Å². The summed E-state index contributed by atoms with van der Waals surface area (Å²) in [6, 6.07) is 17.0. The first-order valence-electron chi connectivity index (χ1n) is 17.2. The second-order valence-corrected chi connectivity index (χ2v) is 12.1. The Hall–Kier alpha value is -4.20. The maximum atomic E-state index is 6.31. The number of para-hydroxylation sites is 2. The topological polar surface area (TPSA) is 54.5 Å². The van der Waals surface area contributed by atoms with Gasteiger partial charge in [-0.2, -0.15) is 9.13 Å². The van der Waals surface area contributed by atoms with Crippen molar-refractivity contribution in [2.24, 2.45) is 14.1 Å². The first-order valence-corrected chi connectivity index (χ1v) is 17.2. The molecule has 46 heavy (non-hydrogen) atoms. The number of aryl methyl sites for hydroxylation is 2. The fourth-order valence-electron chi connectivity index (χ4n) is 5.64. The number of benzene rings is 3. The van der Waals surface area contributed by atoms with Gasteiger partial charge in [-0.1, -0.05) is 65.5 Å². The molecule has 5 rings (SSSR count). The summed E-state index contributed by atoms with van der Waals surface area (Å²) in [5.74, 6) is 3.18. The molecule has 0 amide bonds. The number of ether oxygens (including phenoxy) is 4. The first kappa shape index (κ1) is 33.2. The van der Waals surface area contributed by atoms with Crippen molar-refractivity contribution in [3.05, 3.63) is 61.2 Å². The van der Waals surface area contributed by atoms with Gasteiger partial charge in [0.05, 0.1) is 40.5 Å². The smallest absolute Gasteiger partial charge is 0.249 e. The normalized spacial score (nSPS) is 11.4. The van der Waals surface area contributed by atoms with E-state index in [9.17, 15) is 0 Å². The number of fused-ring (bicyclic) bond motifs is 2. The molecule has 0 bridgehead atoms. The Labute approximate surface area is 274 Å². The largest absolute Gasteiger partial charge is 0.490 e. The summed E-state index contributed by atoms with van der Waals surface area (Å²) in [5, 5.41) is 0. The standard InChI is InChI=1S/C38H52N4O4/c1-7-11-19-43-35-23-31-33(25-37(35)45-21-13-9-3)41(27-39(31)5)29-17-15-16-18-30(29)42-28-40(6)32-24-36(44-20-12-8-2)38(26-34(32)42)46-22-14-10-4/h15-18,23-28H,7-14,19-22H2,1-6H3/q+2. The van der Waals surface area contributed by atoms with E-state index in [4.69, 9.17) is 18.9 Å². The zero-order chi connectivity index (χ0) is 32.5. The van der Waals surface area contributed by atoms with E-state index in [1.54, 1.807) is 0 Å². The first-order chi connectivity index (χ1) is 22.5. The summed E-state index contributed by atoms with van der Waals surface area (Å²) in [7, 11) is 4.17. The van der Waals surface area contributed by atoms with Crippen LogP contribution in [0.2, 0.25) is 0 Å². The van der Waals surface area contributed by atoms with Crippen molar-refractivity contribution in [1.29, 1.82) is 0 Å². The van der Waals surface area contributed by atoms with E-state index in [0.29, 0.717) is 26.4 Å². The molecule has 0 aliphatic rings. The molecule has 8 heteroatoms. The van der Waals surface area contributed by atoms with Gasteiger partial charge in [0.15, 0.2) is 56.4 Å². The average molecular weight is 629 g/mol. The molecule has 5 aromatic rings. The molecule has 0 radical (unpaired) electrons. The third-order valence-corrected chi connectivity index (χ3v) is 8.36. The van der Waals surface area contributed by atoms with Crippen LogP contribution in [0, 0.1) is 0 Å². The lowest BCUT2D eigenvalue weighted by molar-refractivity contribution is -0.645. The number of aromatic nitrogens is 4. The van der Waals surface area contributed by atoms with Gasteiger partial charge in [-0.15, -0.1) is 0 Å². The van der Waals surface area contributed by atoms with Crippen LogP contribution in [0.25, 0.3) is 33.4 Å². The number of rotatable bonds is 18. The Morgan fingerprint density at radius 1 is 0.500 bits per heavy atom. The monoisotopic (exact) mass is 628 g/mol. The minimum Gasteiger partial charge on any atom is -0.490 e. The van der Waals surface area contributed by atoms with E-state index in [1.807, 2.05) is 0 Å². The van der Waals surface area contributed by atoms with Crippen LogP contribution in [0.15, 0.2) is 61.2 Å². The zero-order valence-corrected chi connectivity index (χ0v) is 28.7. The molecule has 0 spiro atoms. The van der Waals surface area contributed by atoms with Crippen molar-refractivity contribution in [1.82, 2.24) is 9.13 Å². The predicted molar refractivity (Wildman–Crippen MR) is 184 cm³/mol. The Bertz CT molecular complexity index is 1610. The van der Waals surface area contributed by atoms with Gasteiger partial charge in [0.25, 0.3) is 0 Å². The molecule has 0 atom stereocenters. The Kier molecular flexibility index (Phi) is 11.4. The maximum absolute atomic E-state index is 6.31. The van der Waals surface area contributed by atoms with E-state index in [0.717, 1.165) is 108 Å². The van der Waals surface area contributed by atoms with Crippen LogP contribution in [-0.4, -0.2) is 35.6 Å². The highest BCUT2D eigenvalue weighted by Gasteiger charge is 2.27. The summed E-state index contributed by atoms with van der Waals surface area (Å²) >= 11 is 0. The van der Waals surface area contributed by atoms with Gasteiger partial charge in [-0.25, -0.2) is 9.13 Å². The highest BCUT2D eigenvalue weighted by molar-refractivity contribution is 5.82. The van der Waals surface area contributed by atoms with E-state index >= 15 is 0 Å². The molecule has 0 aliphatic carbocycles. The number of hydrogen-bond donors (Lipinski definition) is 0. The molecular formula is C38H52N4O4+2. The minimum absolute atomic E-state index is 0.661. The van der Waals surface area contributed by atoms with E-state index < -0.39 is 0 Å². The number of imidazole rings is 2. The van der Waals surface area contributed by atoms with Gasteiger partial charge >= 0.3 is 0 Å². The van der Waals surface area contributed by atoms with Crippen LogP contribution in [-0.2, 0) is 14.1 Å². The van der Waals surface area contributed by atoms with Crippen molar-refractivity contribution in [3.8, 4) is 34.4 Å². The highest BCUT2D eigenvalue weighted by Crippen LogP contribution is 2.36. The van der Waals surface area contributed by atoms with E-state index in [2.05, 4.69) is 121 Å². The Morgan fingerprint density at radius 2 is 0.826 bits per heavy atom. The fraction of sp³-hybridized carbons (Fsp3) is 0.474. The van der Waals surface area contributed by atoms with Gasteiger partial charge in [0.2, 0.25) is 12.7 Å². The van der Waals surface area contributed by atoms with Gasteiger partial charge in [0.1, 0.15) is 0 Å². The van der Waals surface area contributed by atoms with Crippen LogP contribution in [0.3, 0.4) is 0 Å². The molecule has 0 aliphatic heterocycles. The van der Waals surface area contributed by atoms with Crippen LogP contribution in [0.4, 0.5) is 0 Å². The Morgan fingerprint density at radius 3 is 1.15 bits per heavy atom. The molecule has 3 aromatic carbocycles. The van der Waals surface area contributed by atoms with Crippen molar-refractivity contribution < 1.29 is 28.1 Å². The van der Waals surface area contributed by atoms with E-state index in [-0.39, 0.29) is 0 Å². The summed E-state index contributed by atoms with van der Waals surface area (Å²) in [6.07, 6.45) is 12.6. The number of nitrogens with zero attached hydrogens (tertiary/aromatic N) is 4. The lowest BCUT2D eigenvalue weighted by Gasteiger charge is -2.13. The van der Waals surface area contributed by atoms with Gasteiger partial charge in [-0.05, 0) is 37.8 Å². The lowest BCUT2D eigenvalue weighted by atomic mass is 10.2. The molecule has 0 fully saturated rings. The molecular weight excluding hydrogens is 576 g/mol. The number of hydrogen-bond acceptors (Lipinski definition) is 4. The molecule has 2 heterocycles. The van der Waals surface area contributed by atoms with E-state index in [1.165, 1.54) is 0 Å². The molecule has 0 saturated heterocycles. The molecule has 0 N–H and O–H groups in total. The number of unbranched alkanes of at least 4 members (excludes halogenated alkanes) is 4. The predicted octanol–water partition coefficient (Wildman–Crippen LogP) is 7.94. The quantitative estimate of drug-likeness (QED) is 0.0731. The molecule has 0 saturated carbocycles. The summed E-state index contributed by atoms with van der Waals surface area (Å²) in [5.41, 5.74) is 6.38. The summed E-state index contributed by atoms with van der Waals surface area (Å²) in [4.78, 5) is 0. The fourth-order valence-corrected chi connectivity index (χ4v) is 5.64. The molecule has 246 valence electrons. The van der Waals surface area contributed by atoms with Gasteiger partial charge < -0.3 is 18.9 Å². The Balaban J connectivity index is 1.63. The highest BCUT2D eigenvalue weighted by atomic mass is 16.5. The average Bonchev–Trinajstić information content (AvgIpc) is 3.56.